The standard InChI is InChI=1S/C14H20N2O3/c1-9-10(7-13(19-9)14(17)18)8-15-11-4-6-16-5-2-3-12(11)16/h7,11-12,15H,2-6,8H2,1H3,(H,17,18). The molecule has 104 valence electrons. The van der Waals surface area contributed by atoms with Crippen molar-refractivity contribution in [1.29, 1.82) is 0 Å². The average molecular weight is 264 g/mol. The zero-order valence-corrected chi connectivity index (χ0v) is 11.2. The van der Waals surface area contributed by atoms with Gasteiger partial charge in [-0.3, -0.25) is 4.90 Å². The first-order chi connectivity index (χ1) is 9.15. The van der Waals surface area contributed by atoms with E-state index in [4.69, 9.17) is 9.52 Å². The van der Waals surface area contributed by atoms with E-state index in [0.29, 0.717) is 24.4 Å². The van der Waals surface area contributed by atoms with Gasteiger partial charge in [-0.1, -0.05) is 0 Å². The van der Waals surface area contributed by atoms with Gasteiger partial charge in [0.1, 0.15) is 5.76 Å². The molecule has 0 amide bonds. The van der Waals surface area contributed by atoms with Crippen LogP contribution in [0.25, 0.3) is 0 Å². The molecule has 0 aromatic carbocycles. The van der Waals surface area contributed by atoms with E-state index in [2.05, 4.69) is 10.2 Å². The molecule has 19 heavy (non-hydrogen) atoms. The molecule has 2 aliphatic rings. The lowest BCUT2D eigenvalue weighted by Gasteiger charge is -2.21. The highest BCUT2D eigenvalue weighted by Gasteiger charge is 2.36. The molecule has 2 N–H and O–H groups in total. The van der Waals surface area contributed by atoms with Crippen LogP contribution in [-0.4, -0.2) is 41.1 Å². The molecule has 3 heterocycles. The molecular weight excluding hydrogens is 244 g/mol. The summed E-state index contributed by atoms with van der Waals surface area (Å²) in [6.07, 6.45) is 3.77. The lowest BCUT2D eigenvalue weighted by atomic mass is 10.1. The average Bonchev–Trinajstić information content (AvgIpc) is 3.02. The van der Waals surface area contributed by atoms with E-state index in [1.165, 1.54) is 32.4 Å². The molecule has 0 radical (unpaired) electrons. The number of nitrogens with one attached hydrogen (secondary N) is 1. The second kappa shape index (κ2) is 4.98. The van der Waals surface area contributed by atoms with Gasteiger partial charge >= 0.3 is 5.97 Å². The van der Waals surface area contributed by atoms with Gasteiger partial charge in [0.15, 0.2) is 0 Å². The number of aromatic carboxylic acids is 1. The first kappa shape index (κ1) is 12.7. The van der Waals surface area contributed by atoms with Crippen molar-refractivity contribution in [1.82, 2.24) is 10.2 Å². The largest absolute Gasteiger partial charge is 0.475 e. The van der Waals surface area contributed by atoms with E-state index in [1.54, 1.807) is 6.07 Å². The van der Waals surface area contributed by atoms with Gasteiger partial charge in [0.2, 0.25) is 5.76 Å². The smallest absolute Gasteiger partial charge is 0.371 e. The van der Waals surface area contributed by atoms with Crippen LogP contribution >= 0.6 is 0 Å². The Kier molecular flexibility index (Phi) is 3.33. The van der Waals surface area contributed by atoms with Gasteiger partial charge in [0.25, 0.3) is 0 Å². The fraction of sp³-hybridized carbons (Fsp3) is 0.643. The minimum Gasteiger partial charge on any atom is -0.475 e. The molecule has 0 saturated carbocycles. The van der Waals surface area contributed by atoms with Crippen LogP contribution in [0.3, 0.4) is 0 Å². The maximum Gasteiger partial charge on any atom is 0.371 e. The first-order valence-electron chi connectivity index (χ1n) is 6.95. The van der Waals surface area contributed by atoms with Crippen molar-refractivity contribution < 1.29 is 14.3 Å². The molecule has 5 nitrogen and oxygen atoms in total. The van der Waals surface area contributed by atoms with Gasteiger partial charge in [-0.25, -0.2) is 4.79 Å². The predicted octanol–water partition coefficient (Wildman–Crippen LogP) is 1.61. The number of hydrogen-bond donors (Lipinski definition) is 2. The third kappa shape index (κ3) is 2.40. The zero-order chi connectivity index (χ0) is 13.4. The Bertz CT molecular complexity index is 483. The molecule has 2 fully saturated rings. The van der Waals surface area contributed by atoms with Crippen LogP contribution in [0, 0.1) is 6.92 Å². The number of fused-ring (bicyclic) bond motifs is 1. The number of carboxylic acids is 1. The van der Waals surface area contributed by atoms with Crippen molar-refractivity contribution in [2.75, 3.05) is 13.1 Å². The summed E-state index contributed by atoms with van der Waals surface area (Å²) in [6.45, 7) is 4.93. The van der Waals surface area contributed by atoms with Gasteiger partial charge in [-0.15, -0.1) is 0 Å². The van der Waals surface area contributed by atoms with Crippen molar-refractivity contribution in [2.45, 2.75) is 44.8 Å². The summed E-state index contributed by atoms with van der Waals surface area (Å²) in [4.78, 5) is 13.4. The Balaban J connectivity index is 1.61. The summed E-state index contributed by atoms with van der Waals surface area (Å²) >= 11 is 0. The van der Waals surface area contributed by atoms with Gasteiger partial charge in [-0.05, 0) is 38.8 Å². The first-order valence-corrected chi connectivity index (χ1v) is 6.95. The Morgan fingerprint density at radius 2 is 2.37 bits per heavy atom. The van der Waals surface area contributed by atoms with Crippen molar-refractivity contribution in [3.05, 3.63) is 23.2 Å². The van der Waals surface area contributed by atoms with Crippen molar-refractivity contribution in [3.8, 4) is 0 Å². The Hall–Kier alpha value is -1.33. The predicted molar refractivity (Wildman–Crippen MR) is 70.2 cm³/mol. The van der Waals surface area contributed by atoms with Gasteiger partial charge in [0.05, 0.1) is 0 Å². The monoisotopic (exact) mass is 264 g/mol. The molecule has 1 aromatic rings. The fourth-order valence-electron chi connectivity index (χ4n) is 3.36. The molecule has 5 heteroatoms. The van der Waals surface area contributed by atoms with Crippen molar-refractivity contribution in [2.24, 2.45) is 0 Å². The molecule has 3 rings (SSSR count). The van der Waals surface area contributed by atoms with Crippen molar-refractivity contribution >= 4 is 5.97 Å². The Morgan fingerprint density at radius 3 is 3.11 bits per heavy atom. The quantitative estimate of drug-likeness (QED) is 0.865. The van der Waals surface area contributed by atoms with Crippen molar-refractivity contribution in [3.63, 3.8) is 0 Å². The SMILES string of the molecule is Cc1oc(C(=O)O)cc1CNC1CCN2CCCC12. The van der Waals surface area contributed by atoms with Crippen LogP contribution in [-0.2, 0) is 6.54 Å². The second-order valence-electron chi connectivity index (χ2n) is 5.52. The maximum atomic E-state index is 10.9. The zero-order valence-electron chi connectivity index (χ0n) is 11.2. The van der Waals surface area contributed by atoms with E-state index in [1.807, 2.05) is 6.92 Å². The summed E-state index contributed by atoms with van der Waals surface area (Å²) in [5.74, 6) is -0.272. The number of carboxylic acid groups (broad SMARTS) is 1. The van der Waals surface area contributed by atoms with Gasteiger partial charge in [0, 0.05) is 30.7 Å². The third-order valence-corrected chi connectivity index (χ3v) is 4.39. The highest BCUT2D eigenvalue weighted by atomic mass is 16.4. The molecule has 1 aromatic heterocycles. The fourth-order valence-corrected chi connectivity index (χ4v) is 3.36. The second-order valence-corrected chi connectivity index (χ2v) is 5.52. The number of hydrogen-bond acceptors (Lipinski definition) is 4. The molecule has 2 aliphatic heterocycles. The van der Waals surface area contributed by atoms with E-state index in [-0.39, 0.29) is 5.76 Å². The highest BCUT2D eigenvalue weighted by molar-refractivity contribution is 5.84. The summed E-state index contributed by atoms with van der Waals surface area (Å²) in [6, 6.07) is 2.84. The van der Waals surface area contributed by atoms with Crippen LogP contribution in [0.15, 0.2) is 10.5 Å². The summed E-state index contributed by atoms with van der Waals surface area (Å²) in [7, 11) is 0. The minimum absolute atomic E-state index is 0.0308. The van der Waals surface area contributed by atoms with Crippen LogP contribution in [0.4, 0.5) is 0 Å². The lowest BCUT2D eigenvalue weighted by Crippen LogP contribution is -2.38. The normalized spacial score (nSPS) is 26.8. The molecule has 2 unspecified atom stereocenters. The summed E-state index contributed by atoms with van der Waals surface area (Å²) in [5, 5.41) is 12.5. The van der Waals surface area contributed by atoms with E-state index >= 15 is 0 Å². The maximum absolute atomic E-state index is 10.9. The number of nitrogens with zero attached hydrogens (tertiary/aromatic N) is 1. The third-order valence-electron chi connectivity index (χ3n) is 4.39. The minimum atomic E-state index is -1.00. The molecule has 0 spiro atoms. The van der Waals surface area contributed by atoms with Gasteiger partial charge < -0.3 is 14.8 Å². The van der Waals surface area contributed by atoms with E-state index in [9.17, 15) is 4.79 Å². The highest BCUT2D eigenvalue weighted by Crippen LogP contribution is 2.28. The van der Waals surface area contributed by atoms with E-state index < -0.39 is 5.97 Å². The summed E-state index contributed by atoms with van der Waals surface area (Å²) in [5.41, 5.74) is 0.953. The molecule has 0 bridgehead atoms. The molecule has 0 aliphatic carbocycles. The number of rotatable bonds is 4. The number of carbonyl (C=O) groups is 1. The molecule has 2 atom stereocenters. The molecule has 2 saturated heterocycles. The molecular formula is C14H20N2O3. The lowest BCUT2D eigenvalue weighted by molar-refractivity contribution is 0.0661. The number of furan rings is 1. The Labute approximate surface area is 112 Å². The van der Waals surface area contributed by atoms with E-state index in [0.717, 1.165) is 5.56 Å². The van der Waals surface area contributed by atoms with Crippen LogP contribution in [0.5, 0.6) is 0 Å². The van der Waals surface area contributed by atoms with Crippen LogP contribution in [0.1, 0.15) is 41.1 Å². The Morgan fingerprint density at radius 1 is 1.53 bits per heavy atom. The topological polar surface area (TPSA) is 65.7 Å². The number of aryl methyl sites for hydroxylation is 1. The van der Waals surface area contributed by atoms with Crippen LogP contribution in [0.2, 0.25) is 0 Å². The van der Waals surface area contributed by atoms with Crippen LogP contribution < -0.4 is 5.32 Å². The van der Waals surface area contributed by atoms with Gasteiger partial charge in [-0.2, -0.15) is 0 Å². The summed E-state index contributed by atoms with van der Waals surface area (Å²) < 4.78 is 5.23.